The van der Waals surface area contributed by atoms with Crippen LogP contribution >= 0.6 is 11.3 Å². The predicted molar refractivity (Wildman–Crippen MR) is 133 cm³/mol. The number of anilines is 2. The van der Waals surface area contributed by atoms with Gasteiger partial charge in [0.25, 0.3) is 0 Å². The number of hydrogen-bond donors (Lipinski definition) is 2. The number of hydrogen-bond acceptors (Lipinski definition) is 7. The van der Waals surface area contributed by atoms with Crippen molar-refractivity contribution in [3.05, 3.63) is 71.3 Å². The van der Waals surface area contributed by atoms with Crippen LogP contribution in [0.15, 0.2) is 54.6 Å². The summed E-state index contributed by atoms with van der Waals surface area (Å²) in [5.74, 6) is 0.0888. The summed E-state index contributed by atoms with van der Waals surface area (Å²) in [7, 11) is 0. The smallest absolute Gasteiger partial charge is 0.248 e. The lowest BCUT2D eigenvalue weighted by molar-refractivity contribution is -0.115. The molecular formula is C25H29N5O3S. The highest BCUT2D eigenvalue weighted by Gasteiger charge is 2.22. The minimum Gasteiger partial charge on any atom is -0.377 e. The van der Waals surface area contributed by atoms with Crippen LogP contribution in [0.1, 0.15) is 40.7 Å². The van der Waals surface area contributed by atoms with E-state index in [9.17, 15) is 9.59 Å². The quantitative estimate of drug-likeness (QED) is 0.430. The van der Waals surface area contributed by atoms with E-state index >= 15 is 0 Å². The molecule has 2 amide bonds. The monoisotopic (exact) mass is 479 g/mol. The van der Waals surface area contributed by atoms with Gasteiger partial charge in [-0.05, 0) is 48.4 Å². The number of piperidine rings is 1. The lowest BCUT2D eigenvalue weighted by Crippen LogP contribution is -2.33. The zero-order valence-electron chi connectivity index (χ0n) is 19.0. The second-order valence-corrected chi connectivity index (χ2v) is 9.39. The van der Waals surface area contributed by atoms with Gasteiger partial charge in [-0.1, -0.05) is 53.8 Å². The Bertz CT molecular complexity index is 1100. The first-order valence-electron chi connectivity index (χ1n) is 11.5. The summed E-state index contributed by atoms with van der Waals surface area (Å²) < 4.78 is 5.83. The number of nitrogens with two attached hydrogens (primary N) is 1. The Morgan fingerprint density at radius 2 is 1.82 bits per heavy atom. The average Bonchev–Trinajstić information content (AvgIpc) is 3.31. The van der Waals surface area contributed by atoms with Crippen molar-refractivity contribution in [2.45, 2.75) is 32.3 Å². The highest BCUT2D eigenvalue weighted by Crippen LogP contribution is 2.29. The van der Waals surface area contributed by atoms with Gasteiger partial charge in [-0.2, -0.15) is 0 Å². The molecule has 2 heterocycles. The summed E-state index contributed by atoms with van der Waals surface area (Å²) in [6.45, 7) is 2.99. The van der Waals surface area contributed by atoms with Crippen molar-refractivity contribution >= 4 is 33.4 Å². The maximum atomic E-state index is 12.3. The van der Waals surface area contributed by atoms with Crippen LogP contribution in [0.3, 0.4) is 0 Å². The van der Waals surface area contributed by atoms with Crippen LogP contribution in [0.4, 0.5) is 10.3 Å². The number of primary amides is 1. The molecule has 0 atom stereocenters. The molecule has 1 aliphatic heterocycles. The largest absolute Gasteiger partial charge is 0.377 e. The lowest BCUT2D eigenvalue weighted by Gasteiger charge is -2.31. The van der Waals surface area contributed by atoms with E-state index in [0.29, 0.717) is 36.2 Å². The Morgan fingerprint density at radius 1 is 1.06 bits per heavy atom. The van der Waals surface area contributed by atoms with Gasteiger partial charge < -0.3 is 20.7 Å². The number of aromatic nitrogens is 2. The van der Waals surface area contributed by atoms with Gasteiger partial charge >= 0.3 is 0 Å². The molecule has 0 aliphatic carbocycles. The minimum absolute atomic E-state index is 0.0889. The van der Waals surface area contributed by atoms with Crippen LogP contribution in [0.25, 0.3) is 0 Å². The first-order chi connectivity index (χ1) is 16.6. The van der Waals surface area contributed by atoms with E-state index in [1.54, 1.807) is 12.1 Å². The highest BCUT2D eigenvalue weighted by atomic mass is 32.1. The van der Waals surface area contributed by atoms with Gasteiger partial charge in [-0.15, -0.1) is 10.2 Å². The van der Waals surface area contributed by atoms with Gasteiger partial charge in [0.1, 0.15) is 0 Å². The van der Waals surface area contributed by atoms with Crippen molar-refractivity contribution in [3.63, 3.8) is 0 Å². The molecule has 3 aromatic rings. The minimum atomic E-state index is -0.425. The highest BCUT2D eigenvalue weighted by molar-refractivity contribution is 7.19. The molecule has 0 radical (unpaired) electrons. The van der Waals surface area contributed by atoms with Crippen LogP contribution < -0.4 is 16.0 Å². The Morgan fingerprint density at radius 3 is 2.59 bits per heavy atom. The molecule has 1 fully saturated rings. The second kappa shape index (κ2) is 11.7. The number of carbonyl (C=O) groups excluding carboxylic acids is 2. The molecule has 1 aromatic heterocycles. The number of ether oxygens (including phenoxy) is 1. The van der Waals surface area contributed by atoms with Crippen LogP contribution in [0.2, 0.25) is 0 Å². The predicted octanol–water partition coefficient (Wildman–Crippen LogP) is 3.64. The van der Waals surface area contributed by atoms with E-state index in [1.807, 2.05) is 42.5 Å². The topological polar surface area (TPSA) is 110 Å². The summed E-state index contributed by atoms with van der Waals surface area (Å²) >= 11 is 1.42. The van der Waals surface area contributed by atoms with Gasteiger partial charge in [-0.3, -0.25) is 9.59 Å². The molecule has 178 valence electrons. The standard InChI is InChI=1S/C25H29N5O3S/c26-23(32)21-8-4-7-20(15-21)17-33-14-11-18-9-12-30(13-10-18)25-29-28-24(34-25)27-22(31)16-19-5-2-1-3-6-19/h1-8,15,18H,9-14,16-17H2,(H2,26,32)(H,27,28,31). The number of rotatable bonds is 10. The Kier molecular flexibility index (Phi) is 8.21. The summed E-state index contributed by atoms with van der Waals surface area (Å²) in [6.07, 6.45) is 3.45. The SMILES string of the molecule is NC(=O)c1cccc(COCCC2CCN(c3nnc(NC(=O)Cc4ccccc4)s3)CC2)c1. The molecule has 0 spiro atoms. The van der Waals surface area contributed by atoms with Crippen molar-refractivity contribution < 1.29 is 14.3 Å². The zero-order chi connectivity index (χ0) is 23.8. The third kappa shape index (κ3) is 6.85. The number of nitrogens with one attached hydrogen (secondary N) is 1. The fraction of sp³-hybridized carbons (Fsp3) is 0.360. The fourth-order valence-corrected chi connectivity index (χ4v) is 4.82. The van der Waals surface area contributed by atoms with E-state index in [1.165, 1.54) is 11.3 Å². The van der Waals surface area contributed by atoms with Gasteiger partial charge in [0, 0.05) is 25.3 Å². The molecule has 0 bridgehead atoms. The summed E-state index contributed by atoms with van der Waals surface area (Å²) in [5, 5.41) is 12.7. The molecule has 0 unspecified atom stereocenters. The average molecular weight is 480 g/mol. The van der Waals surface area contributed by atoms with Gasteiger partial charge in [-0.25, -0.2) is 0 Å². The fourth-order valence-electron chi connectivity index (χ4n) is 4.01. The Labute approximate surface area is 203 Å². The van der Waals surface area contributed by atoms with E-state index in [0.717, 1.165) is 48.6 Å². The van der Waals surface area contributed by atoms with Crippen molar-refractivity contribution in [2.75, 3.05) is 29.9 Å². The number of nitrogens with zero attached hydrogens (tertiary/aromatic N) is 3. The molecule has 3 N–H and O–H groups in total. The molecule has 2 aromatic carbocycles. The van der Waals surface area contributed by atoms with Crippen molar-refractivity contribution in [1.29, 1.82) is 0 Å². The van der Waals surface area contributed by atoms with E-state index < -0.39 is 5.91 Å². The molecule has 1 saturated heterocycles. The van der Waals surface area contributed by atoms with Gasteiger partial charge in [0.2, 0.25) is 22.1 Å². The van der Waals surface area contributed by atoms with Crippen LogP contribution in [0.5, 0.6) is 0 Å². The van der Waals surface area contributed by atoms with Crippen LogP contribution in [-0.2, 0) is 22.6 Å². The summed E-state index contributed by atoms with van der Waals surface area (Å²) in [4.78, 5) is 25.8. The molecule has 8 nitrogen and oxygen atoms in total. The van der Waals surface area contributed by atoms with E-state index in [2.05, 4.69) is 20.4 Å². The first-order valence-corrected chi connectivity index (χ1v) is 12.3. The summed E-state index contributed by atoms with van der Waals surface area (Å²) in [6, 6.07) is 16.9. The first kappa shape index (κ1) is 23.8. The van der Waals surface area contributed by atoms with Crippen molar-refractivity contribution in [3.8, 4) is 0 Å². The molecular weight excluding hydrogens is 450 g/mol. The summed E-state index contributed by atoms with van der Waals surface area (Å²) in [5.41, 5.74) is 7.75. The number of amides is 2. The van der Waals surface area contributed by atoms with E-state index in [-0.39, 0.29) is 5.91 Å². The zero-order valence-corrected chi connectivity index (χ0v) is 19.8. The second-order valence-electron chi connectivity index (χ2n) is 8.44. The molecule has 1 aliphatic rings. The van der Waals surface area contributed by atoms with Crippen LogP contribution in [0, 0.1) is 5.92 Å². The molecule has 9 heteroatoms. The van der Waals surface area contributed by atoms with Crippen molar-refractivity contribution in [1.82, 2.24) is 10.2 Å². The maximum Gasteiger partial charge on any atom is 0.248 e. The number of benzene rings is 2. The maximum absolute atomic E-state index is 12.3. The normalized spacial score (nSPS) is 14.2. The number of carbonyl (C=O) groups is 2. The van der Waals surface area contributed by atoms with Crippen molar-refractivity contribution in [2.24, 2.45) is 11.7 Å². The van der Waals surface area contributed by atoms with Crippen LogP contribution in [-0.4, -0.2) is 41.7 Å². The molecule has 0 saturated carbocycles. The molecule has 4 rings (SSSR count). The third-order valence-electron chi connectivity index (χ3n) is 5.90. The Hall–Kier alpha value is -3.30. The van der Waals surface area contributed by atoms with Gasteiger partial charge in [0.05, 0.1) is 13.0 Å². The molecule has 34 heavy (non-hydrogen) atoms. The lowest BCUT2D eigenvalue weighted by atomic mass is 9.94. The Balaban J connectivity index is 1.16. The third-order valence-corrected chi connectivity index (χ3v) is 6.80. The van der Waals surface area contributed by atoms with E-state index in [4.69, 9.17) is 10.5 Å². The van der Waals surface area contributed by atoms with Gasteiger partial charge in [0.15, 0.2) is 0 Å².